The highest BCUT2D eigenvalue weighted by molar-refractivity contribution is 5.56. The van der Waals surface area contributed by atoms with E-state index in [0.717, 1.165) is 19.4 Å². The minimum Gasteiger partial charge on any atom is -0.351 e. The zero-order chi connectivity index (χ0) is 11.5. The second-order valence-electron chi connectivity index (χ2n) is 4.04. The topological polar surface area (TPSA) is 18.8 Å². The Kier molecular flexibility index (Phi) is 3.77. The molecule has 0 saturated heterocycles. The van der Waals surface area contributed by atoms with Crippen molar-refractivity contribution in [3.05, 3.63) is 11.8 Å². The zero-order valence-electron chi connectivity index (χ0n) is 10.6. The first-order valence-corrected chi connectivity index (χ1v) is 5.85. The van der Waals surface area contributed by atoms with E-state index in [1.165, 1.54) is 5.57 Å². The average Bonchev–Trinajstić information content (AvgIpc) is 2.24. The molecule has 1 heterocycles. The van der Waals surface area contributed by atoms with Crippen molar-refractivity contribution >= 4 is 6.21 Å². The average molecular weight is 209 g/mol. The molecule has 1 aliphatic heterocycles. The van der Waals surface area contributed by atoms with Gasteiger partial charge in [0.05, 0.1) is 0 Å². The fourth-order valence-corrected chi connectivity index (χ4v) is 2.09. The van der Waals surface area contributed by atoms with Gasteiger partial charge < -0.3 is 4.90 Å². The molecule has 0 radical (unpaired) electrons. The molecule has 0 fully saturated rings. The fourth-order valence-electron chi connectivity index (χ4n) is 2.09. The molecule has 0 aliphatic carbocycles. The summed E-state index contributed by atoms with van der Waals surface area (Å²) in [6, 6.07) is 0. The fraction of sp³-hybridized carbons (Fsp3) is 0.750. The number of hydrogen-bond donors (Lipinski definition) is 0. The molecule has 1 rings (SSSR count). The maximum Gasteiger partial charge on any atom is 0.149 e. The van der Waals surface area contributed by atoms with Crippen molar-refractivity contribution in [2.24, 2.45) is 5.10 Å². The maximum atomic E-state index is 4.46. The van der Waals surface area contributed by atoms with Crippen molar-refractivity contribution in [3.63, 3.8) is 0 Å². The van der Waals surface area contributed by atoms with E-state index >= 15 is 0 Å². The Hall–Kier alpha value is -0.990. The van der Waals surface area contributed by atoms with Gasteiger partial charge in [0.1, 0.15) is 5.66 Å². The molecule has 0 spiro atoms. The number of hydrogen-bond acceptors (Lipinski definition) is 3. The van der Waals surface area contributed by atoms with Gasteiger partial charge in [0.25, 0.3) is 0 Å². The van der Waals surface area contributed by atoms with Gasteiger partial charge in [-0.1, -0.05) is 13.8 Å². The molecule has 3 heteroatoms. The Morgan fingerprint density at radius 2 is 2.13 bits per heavy atom. The van der Waals surface area contributed by atoms with Gasteiger partial charge in [-0.15, -0.1) is 0 Å². The highest BCUT2D eigenvalue weighted by Gasteiger charge is 2.43. The molecular weight excluding hydrogens is 186 g/mol. The van der Waals surface area contributed by atoms with Gasteiger partial charge >= 0.3 is 0 Å². The van der Waals surface area contributed by atoms with Crippen molar-refractivity contribution in [2.45, 2.75) is 46.2 Å². The normalized spacial score (nSPS) is 25.4. The van der Waals surface area contributed by atoms with E-state index in [4.69, 9.17) is 0 Å². The van der Waals surface area contributed by atoms with E-state index in [2.05, 4.69) is 56.0 Å². The van der Waals surface area contributed by atoms with Crippen LogP contribution in [0.2, 0.25) is 0 Å². The molecule has 0 amide bonds. The van der Waals surface area contributed by atoms with E-state index < -0.39 is 0 Å². The van der Waals surface area contributed by atoms with Crippen LogP contribution < -0.4 is 0 Å². The molecule has 0 N–H and O–H groups in total. The molecule has 0 bridgehead atoms. The summed E-state index contributed by atoms with van der Waals surface area (Å²) in [6.45, 7) is 9.76. The van der Waals surface area contributed by atoms with Crippen molar-refractivity contribution in [3.8, 4) is 0 Å². The first-order valence-electron chi connectivity index (χ1n) is 5.85. The Balaban J connectivity index is 2.81. The van der Waals surface area contributed by atoms with Crippen LogP contribution in [0.5, 0.6) is 0 Å². The third-order valence-electron chi connectivity index (χ3n) is 3.27. The number of nitrogens with zero attached hydrogens (tertiary/aromatic N) is 3. The molecule has 15 heavy (non-hydrogen) atoms. The lowest BCUT2D eigenvalue weighted by Crippen LogP contribution is -2.60. The lowest BCUT2D eigenvalue weighted by molar-refractivity contribution is 0.00218. The Labute approximate surface area is 93.4 Å². The first kappa shape index (κ1) is 12.1. The van der Waals surface area contributed by atoms with E-state index in [0.29, 0.717) is 0 Å². The van der Waals surface area contributed by atoms with Gasteiger partial charge in [-0.2, -0.15) is 5.10 Å². The standard InChI is InChI=1S/C12H23N3/c1-6-9-13-14(5)12(4)11(7-2)10-15(12)8-3/h9-10H,6-8H2,1-5H3/b13-9-/t12-/m0/s1. The summed E-state index contributed by atoms with van der Waals surface area (Å²) in [6.07, 6.45) is 6.29. The molecule has 0 saturated carbocycles. The zero-order valence-corrected chi connectivity index (χ0v) is 10.6. The van der Waals surface area contributed by atoms with E-state index in [1.807, 2.05) is 6.21 Å². The quantitative estimate of drug-likeness (QED) is 0.512. The molecular formula is C12H23N3. The molecule has 1 atom stereocenters. The van der Waals surface area contributed by atoms with Crippen LogP contribution in [0.25, 0.3) is 0 Å². The van der Waals surface area contributed by atoms with E-state index in [-0.39, 0.29) is 5.66 Å². The predicted molar refractivity (Wildman–Crippen MR) is 65.7 cm³/mol. The molecule has 1 aliphatic rings. The van der Waals surface area contributed by atoms with Gasteiger partial charge in [-0.25, -0.2) is 0 Å². The van der Waals surface area contributed by atoms with Crippen LogP contribution in [0, 0.1) is 0 Å². The first-order chi connectivity index (χ1) is 7.11. The summed E-state index contributed by atoms with van der Waals surface area (Å²) in [4.78, 5) is 2.33. The molecule has 0 unspecified atom stereocenters. The van der Waals surface area contributed by atoms with Crippen LogP contribution >= 0.6 is 0 Å². The molecule has 0 aromatic heterocycles. The van der Waals surface area contributed by atoms with Gasteiger partial charge in [0, 0.05) is 26.0 Å². The number of hydrazone groups is 1. The lowest BCUT2D eigenvalue weighted by Gasteiger charge is -2.53. The Bertz CT molecular complexity index is 270. The van der Waals surface area contributed by atoms with Gasteiger partial charge in [-0.05, 0) is 32.3 Å². The maximum absolute atomic E-state index is 4.46. The summed E-state index contributed by atoms with van der Waals surface area (Å²) in [5, 5.41) is 6.53. The van der Waals surface area contributed by atoms with Gasteiger partial charge in [-0.3, -0.25) is 5.01 Å². The van der Waals surface area contributed by atoms with Crippen molar-refractivity contribution in [1.29, 1.82) is 0 Å². The third kappa shape index (κ3) is 1.87. The van der Waals surface area contributed by atoms with E-state index in [1.54, 1.807) is 0 Å². The van der Waals surface area contributed by atoms with Crippen LogP contribution in [0.4, 0.5) is 0 Å². The van der Waals surface area contributed by atoms with Crippen LogP contribution in [0.3, 0.4) is 0 Å². The van der Waals surface area contributed by atoms with Crippen molar-refractivity contribution in [1.82, 2.24) is 9.91 Å². The number of likely N-dealkylation sites (N-methyl/N-ethyl adjacent to an activating group) is 2. The van der Waals surface area contributed by atoms with Crippen LogP contribution in [0.15, 0.2) is 16.9 Å². The summed E-state index contributed by atoms with van der Waals surface area (Å²) >= 11 is 0. The van der Waals surface area contributed by atoms with Crippen LogP contribution in [-0.2, 0) is 0 Å². The van der Waals surface area contributed by atoms with Crippen LogP contribution in [0.1, 0.15) is 40.5 Å². The van der Waals surface area contributed by atoms with Gasteiger partial charge in [0.15, 0.2) is 0 Å². The second kappa shape index (κ2) is 4.69. The number of rotatable bonds is 5. The van der Waals surface area contributed by atoms with Gasteiger partial charge in [0.2, 0.25) is 0 Å². The predicted octanol–water partition coefficient (Wildman–Crippen LogP) is 2.66. The Morgan fingerprint density at radius 3 is 2.60 bits per heavy atom. The SMILES string of the molecule is CC/C=N\N(C)[C@]1(C)C(CC)=CN1CC. The van der Waals surface area contributed by atoms with Crippen molar-refractivity contribution in [2.75, 3.05) is 13.6 Å². The smallest absolute Gasteiger partial charge is 0.149 e. The highest BCUT2D eigenvalue weighted by atomic mass is 15.6. The Morgan fingerprint density at radius 1 is 1.47 bits per heavy atom. The summed E-state index contributed by atoms with van der Waals surface area (Å²) in [7, 11) is 2.05. The largest absolute Gasteiger partial charge is 0.351 e. The van der Waals surface area contributed by atoms with Crippen LogP contribution in [-0.4, -0.2) is 35.4 Å². The molecule has 86 valence electrons. The van der Waals surface area contributed by atoms with Crippen molar-refractivity contribution < 1.29 is 0 Å². The molecule has 0 aromatic carbocycles. The monoisotopic (exact) mass is 209 g/mol. The molecule has 3 nitrogen and oxygen atoms in total. The lowest BCUT2D eigenvalue weighted by atomic mass is 9.90. The summed E-state index contributed by atoms with van der Waals surface area (Å²) in [5.41, 5.74) is 1.45. The minimum atomic E-state index is -0.00479. The third-order valence-corrected chi connectivity index (χ3v) is 3.27. The highest BCUT2D eigenvalue weighted by Crippen LogP contribution is 2.38. The van der Waals surface area contributed by atoms with E-state index in [9.17, 15) is 0 Å². The summed E-state index contributed by atoms with van der Waals surface area (Å²) < 4.78 is 0. The minimum absolute atomic E-state index is 0.00479. The molecule has 0 aromatic rings. The second-order valence-corrected chi connectivity index (χ2v) is 4.04. The summed E-state index contributed by atoms with van der Waals surface area (Å²) in [5.74, 6) is 0.